The maximum Gasteiger partial charge on any atom is 0.137 e. The second kappa shape index (κ2) is 15.8. The molecule has 2 rings (SSSR count). The molecular formula is C24H34N4O3. The zero-order chi connectivity index (χ0) is 22.9. The van der Waals surface area contributed by atoms with E-state index in [-0.39, 0.29) is 6.04 Å². The van der Waals surface area contributed by atoms with Crippen molar-refractivity contribution in [3.05, 3.63) is 61.5 Å². The highest BCUT2D eigenvalue weighted by Gasteiger charge is 2.10. The molecule has 0 spiro atoms. The van der Waals surface area contributed by atoms with Crippen LogP contribution in [0.4, 0.5) is 5.82 Å². The molecule has 0 amide bonds. The van der Waals surface area contributed by atoms with Gasteiger partial charge in [-0.2, -0.15) is 0 Å². The number of hydrogen-bond donors (Lipinski definition) is 3. The van der Waals surface area contributed by atoms with E-state index in [1.807, 2.05) is 30.4 Å². The van der Waals surface area contributed by atoms with Gasteiger partial charge in [0.1, 0.15) is 24.2 Å². The number of hydroxylamine groups is 1. The minimum atomic E-state index is 0.0320. The van der Waals surface area contributed by atoms with Crippen molar-refractivity contribution >= 4 is 23.0 Å². The summed E-state index contributed by atoms with van der Waals surface area (Å²) in [4.78, 5) is 19.1. The number of carbonyl (C=O) groups is 1. The van der Waals surface area contributed by atoms with Gasteiger partial charge >= 0.3 is 0 Å². The predicted molar refractivity (Wildman–Crippen MR) is 127 cm³/mol. The smallest absolute Gasteiger partial charge is 0.137 e. The summed E-state index contributed by atoms with van der Waals surface area (Å²) in [7, 11) is 1.43. The van der Waals surface area contributed by atoms with Crippen LogP contribution in [0.5, 0.6) is 5.75 Å². The summed E-state index contributed by atoms with van der Waals surface area (Å²) in [5.74, 6) is 1.56. The monoisotopic (exact) mass is 426 g/mol. The van der Waals surface area contributed by atoms with Crippen LogP contribution in [0.25, 0.3) is 10.9 Å². The van der Waals surface area contributed by atoms with E-state index in [0.29, 0.717) is 13.0 Å². The Balaban J connectivity index is 0.00000151. The first-order valence-electron chi connectivity index (χ1n) is 10.4. The first kappa shape index (κ1) is 26.0. The van der Waals surface area contributed by atoms with Crippen molar-refractivity contribution in [3.8, 4) is 5.75 Å². The highest BCUT2D eigenvalue weighted by Crippen LogP contribution is 2.26. The molecule has 0 unspecified atom stereocenters. The van der Waals surface area contributed by atoms with E-state index in [9.17, 15) is 4.79 Å². The molecule has 1 aromatic heterocycles. The minimum Gasteiger partial charge on any atom is -0.494 e. The first-order chi connectivity index (χ1) is 15.1. The highest BCUT2D eigenvalue weighted by molar-refractivity contribution is 5.90. The lowest BCUT2D eigenvalue weighted by Crippen LogP contribution is -2.18. The Kier molecular flexibility index (Phi) is 13.2. The number of allylic oxidation sites excluding steroid dienone is 2. The molecule has 1 aromatic carbocycles. The van der Waals surface area contributed by atoms with Gasteiger partial charge < -0.3 is 20.1 Å². The average molecular weight is 427 g/mol. The van der Waals surface area contributed by atoms with E-state index >= 15 is 0 Å². The number of unbranched alkanes of at least 4 members (excludes halogenated alkanes) is 4. The number of ether oxygens (including phenoxy) is 1. The molecule has 31 heavy (non-hydrogen) atoms. The Morgan fingerprint density at radius 1 is 1.23 bits per heavy atom. The fraction of sp³-hybridized carbons (Fsp3) is 0.375. The lowest BCUT2D eigenvalue weighted by molar-refractivity contribution is -0.107. The van der Waals surface area contributed by atoms with Crippen molar-refractivity contribution in [3.63, 3.8) is 0 Å². The van der Waals surface area contributed by atoms with Crippen LogP contribution in [-0.2, 0) is 4.79 Å². The Bertz CT molecular complexity index is 852. The molecule has 2 aromatic rings. The van der Waals surface area contributed by atoms with E-state index in [1.54, 1.807) is 17.9 Å². The quantitative estimate of drug-likeness (QED) is 0.182. The Hall–Kier alpha value is -3.03. The Morgan fingerprint density at radius 3 is 2.65 bits per heavy atom. The number of fused-ring (bicyclic) bond motifs is 1. The molecule has 3 N–H and O–H groups in total. The van der Waals surface area contributed by atoms with Gasteiger partial charge in [-0.3, -0.25) is 0 Å². The van der Waals surface area contributed by atoms with Crippen molar-refractivity contribution in [1.82, 2.24) is 15.4 Å². The average Bonchev–Trinajstić information content (AvgIpc) is 2.77. The summed E-state index contributed by atoms with van der Waals surface area (Å²) >= 11 is 0. The molecular weight excluding hydrogens is 392 g/mol. The lowest BCUT2D eigenvalue weighted by atomic mass is 10.1. The molecule has 0 aliphatic rings. The molecule has 1 atom stereocenters. The highest BCUT2D eigenvalue weighted by atomic mass is 16.5. The largest absolute Gasteiger partial charge is 0.494 e. The fourth-order valence-corrected chi connectivity index (χ4v) is 2.93. The second-order valence-corrected chi connectivity index (χ2v) is 6.82. The van der Waals surface area contributed by atoms with Crippen LogP contribution < -0.4 is 15.5 Å². The zero-order valence-electron chi connectivity index (χ0n) is 18.5. The van der Waals surface area contributed by atoms with E-state index in [1.165, 1.54) is 7.05 Å². The van der Waals surface area contributed by atoms with Gasteiger partial charge in [0.25, 0.3) is 0 Å². The van der Waals surface area contributed by atoms with Crippen molar-refractivity contribution in [2.45, 2.75) is 45.1 Å². The number of carbonyl (C=O) groups excluding carboxylic acids is 1. The van der Waals surface area contributed by atoms with Gasteiger partial charge in [0.15, 0.2) is 0 Å². The minimum absolute atomic E-state index is 0.0320. The van der Waals surface area contributed by atoms with Crippen molar-refractivity contribution in [2.75, 3.05) is 19.0 Å². The normalized spacial score (nSPS) is 11.8. The molecule has 168 valence electrons. The number of nitrogens with one attached hydrogen (secondary N) is 2. The van der Waals surface area contributed by atoms with E-state index in [4.69, 9.17) is 9.94 Å². The van der Waals surface area contributed by atoms with Gasteiger partial charge in [-0.05, 0) is 43.5 Å². The summed E-state index contributed by atoms with van der Waals surface area (Å²) in [6.45, 7) is 10.3. The lowest BCUT2D eigenvalue weighted by Gasteiger charge is -2.17. The van der Waals surface area contributed by atoms with Gasteiger partial charge in [-0.25, -0.2) is 15.4 Å². The molecule has 1 heterocycles. The molecule has 0 radical (unpaired) electrons. The standard InChI is InChI=1S/C23H29N3O2.CH5NO/c1-4-11-19(5-2)18(3)26-23-21-16-20(12-13-22(21)24-17-25-23)28-15-10-8-6-7-9-14-27;1-2-3/h4-5,11-14,16-18H,1-2,6-10,15H2,3H3,(H,24,25,26);2-3H,1H3/b19-11+;/t18-;/m1./s1. The molecule has 0 fully saturated rings. The van der Waals surface area contributed by atoms with Crippen molar-refractivity contribution in [2.24, 2.45) is 0 Å². The molecule has 0 saturated heterocycles. The summed E-state index contributed by atoms with van der Waals surface area (Å²) in [5.41, 5.74) is 3.64. The number of anilines is 1. The first-order valence-corrected chi connectivity index (χ1v) is 10.4. The summed E-state index contributed by atoms with van der Waals surface area (Å²) in [6, 6.07) is 5.88. The molecule has 0 bridgehead atoms. The SMILES string of the molecule is C=C/C=C(\C=C)[C@@H](C)Nc1ncnc2ccc(OCCCCCCC=O)cc12.CNO. The predicted octanol–water partition coefficient (Wildman–Crippen LogP) is 4.85. The molecule has 7 heteroatoms. The number of benzene rings is 1. The third-order valence-electron chi connectivity index (χ3n) is 4.49. The molecule has 0 aliphatic carbocycles. The van der Waals surface area contributed by atoms with Crippen LogP contribution in [0, 0.1) is 0 Å². The Morgan fingerprint density at radius 2 is 1.97 bits per heavy atom. The number of nitrogens with zero attached hydrogens (tertiary/aromatic N) is 2. The van der Waals surface area contributed by atoms with Gasteiger partial charge in [-0.1, -0.05) is 44.2 Å². The molecule has 7 nitrogen and oxygen atoms in total. The third-order valence-corrected chi connectivity index (χ3v) is 4.49. The number of aldehydes is 1. The second-order valence-electron chi connectivity index (χ2n) is 6.82. The van der Waals surface area contributed by atoms with E-state index in [2.05, 4.69) is 35.4 Å². The Labute approximate surface area is 184 Å². The van der Waals surface area contributed by atoms with E-state index in [0.717, 1.165) is 60.0 Å². The molecule has 0 aliphatic heterocycles. The summed E-state index contributed by atoms with van der Waals surface area (Å²) in [5, 5.41) is 11.7. The topological polar surface area (TPSA) is 96.4 Å². The third kappa shape index (κ3) is 9.55. The van der Waals surface area contributed by atoms with Crippen LogP contribution in [0.3, 0.4) is 0 Å². The molecule has 0 saturated carbocycles. The summed E-state index contributed by atoms with van der Waals surface area (Å²) < 4.78 is 5.89. The van der Waals surface area contributed by atoms with Crippen LogP contribution >= 0.6 is 0 Å². The van der Waals surface area contributed by atoms with Gasteiger partial charge in [0.2, 0.25) is 0 Å². The van der Waals surface area contributed by atoms with Crippen LogP contribution in [0.1, 0.15) is 39.0 Å². The fourth-order valence-electron chi connectivity index (χ4n) is 2.93. The van der Waals surface area contributed by atoms with Crippen LogP contribution in [0.2, 0.25) is 0 Å². The maximum atomic E-state index is 10.3. The van der Waals surface area contributed by atoms with Crippen LogP contribution in [-0.4, -0.2) is 41.2 Å². The number of rotatable bonds is 13. The van der Waals surface area contributed by atoms with E-state index < -0.39 is 0 Å². The maximum absolute atomic E-state index is 10.3. The number of hydrogen-bond acceptors (Lipinski definition) is 7. The van der Waals surface area contributed by atoms with Crippen molar-refractivity contribution in [1.29, 1.82) is 0 Å². The van der Waals surface area contributed by atoms with Crippen molar-refractivity contribution < 1.29 is 14.7 Å². The van der Waals surface area contributed by atoms with Gasteiger partial charge in [0, 0.05) is 24.9 Å². The van der Waals surface area contributed by atoms with Gasteiger partial charge in [-0.15, -0.1) is 0 Å². The summed E-state index contributed by atoms with van der Waals surface area (Å²) in [6.07, 6.45) is 12.7. The number of aromatic nitrogens is 2. The zero-order valence-corrected chi connectivity index (χ0v) is 18.5. The van der Waals surface area contributed by atoms with Gasteiger partial charge in [0.05, 0.1) is 12.1 Å². The van der Waals surface area contributed by atoms with Crippen LogP contribution in [0.15, 0.2) is 61.5 Å².